The Morgan fingerprint density at radius 1 is 1.17 bits per heavy atom. The lowest BCUT2D eigenvalue weighted by Gasteiger charge is -2.00. The maximum absolute atomic E-state index is 4.58. The molecular formula is C14H14N4. The lowest BCUT2D eigenvalue weighted by atomic mass is 10.1. The summed E-state index contributed by atoms with van der Waals surface area (Å²) in [6, 6.07) is 10.2. The van der Waals surface area contributed by atoms with Crippen molar-refractivity contribution in [3.05, 3.63) is 42.1 Å². The first kappa shape index (κ1) is 10.9. The molecule has 0 bridgehead atoms. The quantitative estimate of drug-likeness (QED) is 0.689. The third kappa shape index (κ3) is 1.57. The van der Waals surface area contributed by atoms with E-state index >= 15 is 0 Å². The highest BCUT2D eigenvalue weighted by atomic mass is 15.3. The van der Waals surface area contributed by atoms with Crippen molar-refractivity contribution < 1.29 is 0 Å². The van der Waals surface area contributed by atoms with Crippen molar-refractivity contribution >= 4 is 11.0 Å². The van der Waals surface area contributed by atoms with Gasteiger partial charge in [0, 0.05) is 12.6 Å². The standard InChI is InChI=1S/C14H14N4/c1-3-10-9-15-16-14-12(10)13(17-18(14)2)11-7-5-4-6-8-11/h4-9H,3H2,1-2H3. The SMILES string of the molecule is CCc1cnnc2c1c(-c1ccccc1)nn2C. The molecule has 0 N–H and O–H groups in total. The molecule has 4 nitrogen and oxygen atoms in total. The maximum Gasteiger partial charge on any atom is 0.181 e. The molecule has 0 saturated carbocycles. The predicted octanol–water partition coefficient (Wildman–Crippen LogP) is 2.59. The van der Waals surface area contributed by atoms with Gasteiger partial charge in [0.1, 0.15) is 5.69 Å². The molecule has 0 fully saturated rings. The Kier molecular flexibility index (Phi) is 2.55. The second-order valence-electron chi connectivity index (χ2n) is 4.26. The van der Waals surface area contributed by atoms with Gasteiger partial charge in [0.15, 0.2) is 5.65 Å². The van der Waals surface area contributed by atoms with E-state index in [9.17, 15) is 0 Å². The molecule has 0 atom stereocenters. The van der Waals surface area contributed by atoms with Crippen LogP contribution in [0.15, 0.2) is 36.5 Å². The smallest absolute Gasteiger partial charge is 0.181 e. The van der Waals surface area contributed by atoms with E-state index in [0.717, 1.165) is 28.7 Å². The van der Waals surface area contributed by atoms with E-state index in [4.69, 9.17) is 0 Å². The zero-order valence-electron chi connectivity index (χ0n) is 10.5. The van der Waals surface area contributed by atoms with Crippen LogP contribution in [0.3, 0.4) is 0 Å². The van der Waals surface area contributed by atoms with Crippen molar-refractivity contribution in [3.8, 4) is 11.3 Å². The number of hydrogen-bond acceptors (Lipinski definition) is 3. The Bertz CT molecular complexity index is 686. The van der Waals surface area contributed by atoms with E-state index in [1.807, 2.05) is 31.4 Å². The molecule has 2 heterocycles. The molecule has 1 aromatic carbocycles. The fraction of sp³-hybridized carbons (Fsp3) is 0.214. The minimum absolute atomic E-state index is 0.841. The summed E-state index contributed by atoms with van der Waals surface area (Å²) in [6.07, 6.45) is 2.76. The molecule has 0 amide bonds. The van der Waals surface area contributed by atoms with E-state index in [2.05, 4.69) is 34.4 Å². The lowest BCUT2D eigenvalue weighted by molar-refractivity contribution is 0.780. The van der Waals surface area contributed by atoms with Crippen LogP contribution in [0, 0.1) is 0 Å². The summed E-state index contributed by atoms with van der Waals surface area (Å²) in [7, 11) is 1.91. The van der Waals surface area contributed by atoms with E-state index in [1.165, 1.54) is 5.56 Å². The largest absolute Gasteiger partial charge is 0.248 e. The van der Waals surface area contributed by atoms with E-state index < -0.39 is 0 Å². The van der Waals surface area contributed by atoms with Crippen LogP contribution in [0.2, 0.25) is 0 Å². The summed E-state index contributed by atoms with van der Waals surface area (Å²) in [5, 5.41) is 13.9. The van der Waals surface area contributed by atoms with Gasteiger partial charge in [-0.3, -0.25) is 0 Å². The molecule has 90 valence electrons. The predicted molar refractivity (Wildman–Crippen MR) is 71.1 cm³/mol. The molecule has 3 rings (SSSR count). The van der Waals surface area contributed by atoms with Crippen LogP contribution in [0.25, 0.3) is 22.3 Å². The molecule has 18 heavy (non-hydrogen) atoms. The van der Waals surface area contributed by atoms with Gasteiger partial charge in [-0.25, -0.2) is 4.68 Å². The summed E-state index contributed by atoms with van der Waals surface area (Å²) in [5.41, 5.74) is 4.13. The molecule has 0 saturated heterocycles. The van der Waals surface area contributed by atoms with Gasteiger partial charge in [-0.05, 0) is 12.0 Å². The molecule has 4 heteroatoms. The number of aromatic nitrogens is 4. The van der Waals surface area contributed by atoms with Crippen LogP contribution in [0.5, 0.6) is 0 Å². The summed E-state index contributed by atoms with van der Waals surface area (Å²) >= 11 is 0. The van der Waals surface area contributed by atoms with Gasteiger partial charge >= 0.3 is 0 Å². The zero-order valence-corrected chi connectivity index (χ0v) is 10.5. The summed E-state index contributed by atoms with van der Waals surface area (Å²) in [6.45, 7) is 2.12. The van der Waals surface area contributed by atoms with Gasteiger partial charge in [-0.1, -0.05) is 37.3 Å². The molecule has 0 unspecified atom stereocenters. The third-order valence-electron chi connectivity index (χ3n) is 3.13. The number of benzene rings is 1. The second-order valence-corrected chi connectivity index (χ2v) is 4.26. The molecule has 2 aromatic heterocycles. The number of rotatable bonds is 2. The average Bonchev–Trinajstić information content (AvgIpc) is 2.77. The first-order valence-electron chi connectivity index (χ1n) is 6.04. The third-order valence-corrected chi connectivity index (χ3v) is 3.13. The van der Waals surface area contributed by atoms with Crippen molar-refractivity contribution in [1.82, 2.24) is 20.0 Å². The van der Waals surface area contributed by atoms with Crippen LogP contribution in [-0.4, -0.2) is 20.0 Å². The first-order valence-corrected chi connectivity index (χ1v) is 6.04. The van der Waals surface area contributed by atoms with Crippen LogP contribution < -0.4 is 0 Å². The van der Waals surface area contributed by atoms with Gasteiger partial charge in [0.25, 0.3) is 0 Å². The van der Waals surface area contributed by atoms with E-state index in [1.54, 1.807) is 4.68 Å². The Morgan fingerprint density at radius 2 is 1.94 bits per heavy atom. The van der Waals surface area contributed by atoms with Gasteiger partial charge < -0.3 is 0 Å². The van der Waals surface area contributed by atoms with Crippen molar-refractivity contribution in [2.24, 2.45) is 7.05 Å². The fourth-order valence-corrected chi connectivity index (χ4v) is 2.21. The lowest BCUT2D eigenvalue weighted by Crippen LogP contribution is -1.94. The van der Waals surface area contributed by atoms with E-state index in [0.29, 0.717) is 0 Å². The highest BCUT2D eigenvalue weighted by molar-refractivity contribution is 5.93. The molecule has 3 aromatic rings. The van der Waals surface area contributed by atoms with Crippen LogP contribution in [-0.2, 0) is 13.5 Å². The normalized spacial score (nSPS) is 11.0. The Hall–Kier alpha value is -2.23. The minimum atomic E-state index is 0.841. The maximum atomic E-state index is 4.58. The van der Waals surface area contributed by atoms with Gasteiger partial charge in [0.2, 0.25) is 0 Å². The van der Waals surface area contributed by atoms with Crippen molar-refractivity contribution in [2.45, 2.75) is 13.3 Å². The van der Waals surface area contributed by atoms with Crippen molar-refractivity contribution in [1.29, 1.82) is 0 Å². The minimum Gasteiger partial charge on any atom is -0.248 e. The Labute approximate surface area is 105 Å². The topological polar surface area (TPSA) is 43.6 Å². The zero-order chi connectivity index (χ0) is 12.5. The van der Waals surface area contributed by atoms with Gasteiger partial charge in [-0.2, -0.15) is 10.2 Å². The number of fused-ring (bicyclic) bond motifs is 1. The molecule has 0 aliphatic rings. The monoisotopic (exact) mass is 238 g/mol. The molecule has 0 spiro atoms. The van der Waals surface area contributed by atoms with E-state index in [-0.39, 0.29) is 0 Å². The molecule has 0 radical (unpaired) electrons. The van der Waals surface area contributed by atoms with Crippen molar-refractivity contribution in [2.75, 3.05) is 0 Å². The van der Waals surface area contributed by atoms with Gasteiger partial charge in [-0.15, -0.1) is 5.10 Å². The fourth-order valence-electron chi connectivity index (χ4n) is 2.21. The second kappa shape index (κ2) is 4.22. The van der Waals surface area contributed by atoms with Crippen LogP contribution in [0.4, 0.5) is 0 Å². The van der Waals surface area contributed by atoms with Crippen molar-refractivity contribution in [3.63, 3.8) is 0 Å². The number of aryl methyl sites for hydroxylation is 2. The van der Waals surface area contributed by atoms with Crippen LogP contribution >= 0.6 is 0 Å². The highest BCUT2D eigenvalue weighted by Crippen LogP contribution is 2.28. The highest BCUT2D eigenvalue weighted by Gasteiger charge is 2.14. The molecule has 0 aliphatic carbocycles. The average molecular weight is 238 g/mol. The molecule has 0 aliphatic heterocycles. The number of hydrogen-bond donors (Lipinski definition) is 0. The summed E-state index contributed by atoms with van der Waals surface area (Å²) < 4.78 is 1.80. The van der Waals surface area contributed by atoms with Gasteiger partial charge in [0.05, 0.1) is 11.6 Å². The Balaban J connectivity index is 2.37. The van der Waals surface area contributed by atoms with Crippen LogP contribution in [0.1, 0.15) is 12.5 Å². The first-order chi connectivity index (χ1) is 8.81. The summed E-state index contributed by atoms with van der Waals surface area (Å²) in [4.78, 5) is 0. The summed E-state index contributed by atoms with van der Waals surface area (Å²) in [5.74, 6) is 0. The number of nitrogens with zero attached hydrogens (tertiary/aromatic N) is 4. The Morgan fingerprint density at radius 3 is 2.67 bits per heavy atom. The molecular weight excluding hydrogens is 224 g/mol.